The number of nitrogens with one attached hydrogen (secondary N) is 1. The number of hydrogen-bond acceptors (Lipinski definition) is 3. The minimum absolute atomic E-state index is 0.505. The van der Waals surface area contributed by atoms with E-state index in [9.17, 15) is 4.79 Å². The number of ether oxygens (including phenoxy) is 1. The molecule has 2 aromatic carbocycles. The molecule has 0 aliphatic rings. The Hall–Kier alpha value is -2.80. The molecular formula is C16H14N2O2. The van der Waals surface area contributed by atoms with E-state index >= 15 is 0 Å². The van der Waals surface area contributed by atoms with Crippen LogP contribution in [-0.2, 0) is 10.4 Å². The molecule has 1 amide bonds. The highest BCUT2D eigenvalue weighted by Crippen LogP contribution is 2.28. The maximum Gasteiger partial charge on any atom is 0.281 e. The Balaban J connectivity index is 2.40. The number of hydrogen-bond donors (Lipinski definition) is 1. The number of benzene rings is 2. The number of rotatable bonds is 4. The molecule has 1 atom stereocenters. The third-order valence-corrected chi connectivity index (χ3v) is 2.99. The van der Waals surface area contributed by atoms with E-state index in [1.807, 2.05) is 36.4 Å². The summed E-state index contributed by atoms with van der Waals surface area (Å²) < 4.78 is 5.84. The molecule has 0 bridgehead atoms. The number of carbonyl (C=O) groups is 1. The van der Waals surface area contributed by atoms with Crippen LogP contribution in [-0.4, -0.2) is 5.91 Å². The SMILES string of the molecule is CC(Oc1ccccc1)(C(=O)NC#N)c1ccccc1. The van der Waals surface area contributed by atoms with Crippen LogP contribution in [0.25, 0.3) is 0 Å². The van der Waals surface area contributed by atoms with Gasteiger partial charge in [0.1, 0.15) is 5.75 Å². The summed E-state index contributed by atoms with van der Waals surface area (Å²) in [5.74, 6) is 0.0574. The Kier molecular flexibility index (Phi) is 4.02. The molecule has 1 unspecified atom stereocenters. The van der Waals surface area contributed by atoms with Gasteiger partial charge in [-0.1, -0.05) is 48.5 Å². The lowest BCUT2D eigenvalue weighted by Gasteiger charge is -2.28. The smallest absolute Gasteiger partial charge is 0.281 e. The predicted octanol–water partition coefficient (Wildman–Crippen LogP) is 2.58. The van der Waals surface area contributed by atoms with Gasteiger partial charge in [0.15, 0.2) is 6.19 Å². The van der Waals surface area contributed by atoms with E-state index in [4.69, 9.17) is 10.00 Å². The van der Waals surface area contributed by atoms with E-state index in [0.717, 1.165) is 0 Å². The van der Waals surface area contributed by atoms with Gasteiger partial charge in [0.25, 0.3) is 5.91 Å². The molecule has 2 rings (SSSR count). The Morgan fingerprint density at radius 1 is 1.10 bits per heavy atom. The zero-order valence-corrected chi connectivity index (χ0v) is 11.0. The Morgan fingerprint density at radius 2 is 1.65 bits per heavy atom. The van der Waals surface area contributed by atoms with Crippen LogP contribution in [0.2, 0.25) is 0 Å². The Morgan fingerprint density at radius 3 is 2.20 bits per heavy atom. The fraction of sp³-hybridized carbons (Fsp3) is 0.125. The fourth-order valence-corrected chi connectivity index (χ4v) is 1.89. The van der Waals surface area contributed by atoms with E-state index in [1.165, 1.54) is 0 Å². The second-order valence-corrected chi connectivity index (χ2v) is 4.38. The minimum Gasteiger partial charge on any atom is -0.473 e. The Bertz CT molecular complexity index is 620. The molecule has 2 aromatic rings. The van der Waals surface area contributed by atoms with Gasteiger partial charge in [0, 0.05) is 5.56 Å². The lowest BCUT2D eigenvalue weighted by molar-refractivity contribution is -0.135. The summed E-state index contributed by atoms with van der Waals surface area (Å²) >= 11 is 0. The molecule has 20 heavy (non-hydrogen) atoms. The number of nitriles is 1. The van der Waals surface area contributed by atoms with Gasteiger partial charge in [-0.3, -0.25) is 10.1 Å². The maximum absolute atomic E-state index is 12.2. The van der Waals surface area contributed by atoms with Gasteiger partial charge in [0.05, 0.1) is 0 Å². The third kappa shape index (κ3) is 2.78. The summed E-state index contributed by atoms with van der Waals surface area (Å²) in [6.45, 7) is 1.64. The van der Waals surface area contributed by atoms with Crippen molar-refractivity contribution in [1.82, 2.24) is 5.32 Å². The molecule has 4 nitrogen and oxygen atoms in total. The van der Waals surface area contributed by atoms with Crippen LogP contribution < -0.4 is 10.1 Å². The fourth-order valence-electron chi connectivity index (χ4n) is 1.89. The molecule has 0 aliphatic heterocycles. The van der Waals surface area contributed by atoms with Crippen molar-refractivity contribution >= 4 is 5.91 Å². The highest BCUT2D eigenvalue weighted by atomic mass is 16.5. The van der Waals surface area contributed by atoms with E-state index in [-0.39, 0.29) is 0 Å². The molecular weight excluding hydrogens is 252 g/mol. The average molecular weight is 266 g/mol. The zero-order chi connectivity index (χ0) is 14.4. The second kappa shape index (κ2) is 5.89. The van der Waals surface area contributed by atoms with E-state index in [0.29, 0.717) is 11.3 Å². The third-order valence-electron chi connectivity index (χ3n) is 2.99. The van der Waals surface area contributed by atoms with Gasteiger partial charge in [-0.15, -0.1) is 0 Å². The quantitative estimate of drug-likeness (QED) is 0.683. The lowest BCUT2D eigenvalue weighted by atomic mass is 9.94. The van der Waals surface area contributed by atoms with Gasteiger partial charge < -0.3 is 4.74 Å². The van der Waals surface area contributed by atoms with Crippen LogP contribution in [0.15, 0.2) is 60.7 Å². The average Bonchev–Trinajstić information content (AvgIpc) is 2.49. The van der Waals surface area contributed by atoms with Gasteiger partial charge in [-0.05, 0) is 19.1 Å². The summed E-state index contributed by atoms with van der Waals surface area (Å²) in [4.78, 5) is 12.2. The van der Waals surface area contributed by atoms with E-state index < -0.39 is 11.5 Å². The number of para-hydroxylation sites is 1. The molecule has 0 radical (unpaired) electrons. The van der Waals surface area contributed by atoms with Crippen molar-refractivity contribution in [3.8, 4) is 11.9 Å². The highest BCUT2D eigenvalue weighted by molar-refractivity contribution is 5.87. The molecule has 0 spiro atoms. The van der Waals surface area contributed by atoms with Crippen LogP contribution >= 0.6 is 0 Å². The summed E-state index contributed by atoms with van der Waals surface area (Å²) in [6.07, 6.45) is 1.65. The van der Waals surface area contributed by atoms with E-state index in [1.54, 1.807) is 37.4 Å². The second-order valence-electron chi connectivity index (χ2n) is 4.38. The van der Waals surface area contributed by atoms with Gasteiger partial charge in [0.2, 0.25) is 5.60 Å². The van der Waals surface area contributed by atoms with Crippen molar-refractivity contribution in [3.63, 3.8) is 0 Å². The molecule has 0 aromatic heterocycles. The van der Waals surface area contributed by atoms with Gasteiger partial charge >= 0.3 is 0 Å². The predicted molar refractivity (Wildman–Crippen MR) is 74.6 cm³/mol. The van der Waals surface area contributed by atoms with Crippen molar-refractivity contribution in [1.29, 1.82) is 5.26 Å². The summed E-state index contributed by atoms with van der Waals surface area (Å²) in [7, 11) is 0. The summed E-state index contributed by atoms with van der Waals surface area (Å²) in [6, 6.07) is 18.1. The maximum atomic E-state index is 12.2. The molecule has 1 N–H and O–H groups in total. The molecule has 4 heteroatoms. The molecule has 0 saturated carbocycles. The van der Waals surface area contributed by atoms with Crippen molar-refractivity contribution in [2.75, 3.05) is 0 Å². The first-order chi connectivity index (χ1) is 9.66. The summed E-state index contributed by atoms with van der Waals surface area (Å²) in [5, 5.41) is 10.8. The molecule has 0 heterocycles. The van der Waals surface area contributed by atoms with Crippen LogP contribution in [0.1, 0.15) is 12.5 Å². The minimum atomic E-state index is -1.27. The number of carbonyl (C=O) groups excluding carboxylic acids is 1. The van der Waals surface area contributed by atoms with Crippen molar-refractivity contribution in [2.45, 2.75) is 12.5 Å². The largest absolute Gasteiger partial charge is 0.473 e. The number of nitrogens with zero attached hydrogens (tertiary/aromatic N) is 1. The van der Waals surface area contributed by atoms with Crippen LogP contribution in [0.4, 0.5) is 0 Å². The molecule has 100 valence electrons. The van der Waals surface area contributed by atoms with Crippen molar-refractivity contribution in [3.05, 3.63) is 66.2 Å². The van der Waals surface area contributed by atoms with Crippen molar-refractivity contribution < 1.29 is 9.53 Å². The lowest BCUT2D eigenvalue weighted by Crippen LogP contribution is -2.45. The first-order valence-electron chi connectivity index (χ1n) is 6.16. The van der Waals surface area contributed by atoms with Crippen LogP contribution in [0.3, 0.4) is 0 Å². The first kappa shape index (κ1) is 13.6. The Labute approximate surface area is 117 Å². The molecule has 0 fully saturated rings. The summed E-state index contributed by atoms with van der Waals surface area (Å²) in [5.41, 5.74) is -0.588. The zero-order valence-electron chi connectivity index (χ0n) is 11.0. The van der Waals surface area contributed by atoms with Gasteiger partial charge in [-0.25, -0.2) is 0 Å². The molecule has 0 aliphatic carbocycles. The topological polar surface area (TPSA) is 62.1 Å². The normalized spacial score (nSPS) is 12.8. The standard InChI is InChI=1S/C16H14N2O2/c1-16(15(19)18-12-17,13-8-4-2-5-9-13)20-14-10-6-3-7-11-14/h2-11H,1H3,(H,18,19). The monoisotopic (exact) mass is 266 g/mol. The number of amides is 1. The van der Waals surface area contributed by atoms with Gasteiger partial charge in [-0.2, -0.15) is 5.26 Å². The van der Waals surface area contributed by atoms with E-state index in [2.05, 4.69) is 5.32 Å². The highest BCUT2D eigenvalue weighted by Gasteiger charge is 2.37. The van der Waals surface area contributed by atoms with Crippen LogP contribution in [0, 0.1) is 11.5 Å². The first-order valence-corrected chi connectivity index (χ1v) is 6.16. The van der Waals surface area contributed by atoms with Crippen molar-refractivity contribution in [2.24, 2.45) is 0 Å². The molecule has 0 saturated heterocycles. The van der Waals surface area contributed by atoms with Crippen LogP contribution in [0.5, 0.6) is 5.75 Å².